The molecule has 100 valence electrons. The molecule has 0 spiro atoms. The number of ether oxygens (including phenoxy) is 2. The SMILES string of the molecule is C=CCC(CC(=C)F)C(OCOC)C(F)(F)F. The lowest BCUT2D eigenvalue weighted by atomic mass is 9.94. The third-order valence-electron chi connectivity index (χ3n) is 2.07. The maximum absolute atomic E-state index is 12.7. The van der Waals surface area contributed by atoms with E-state index in [4.69, 9.17) is 0 Å². The smallest absolute Gasteiger partial charge is 0.359 e. The summed E-state index contributed by atoms with van der Waals surface area (Å²) in [6.45, 7) is 5.81. The van der Waals surface area contributed by atoms with Gasteiger partial charge >= 0.3 is 6.18 Å². The van der Waals surface area contributed by atoms with E-state index in [2.05, 4.69) is 22.6 Å². The van der Waals surface area contributed by atoms with E-state index in [1.807, 2.05) is 0 Å². The number of allylic oxidation sites excluding steroid dienone is 2. The van der Waals surface area contributed by atoms with E-state index in [0.717, 1.165) is 0 Å². The van der Waals surface area contributed by atoms with Crippen LogP contribution in [-0.2, 0) is 9.47 Å². The topological polar surface area (TPSA) is 18.5 Å². The summed E-state index contributed by atoms with van der Waals surface area (Å²) in [5, 5.41) is 0. The van der Waals surface area contributed by atoms with Crippen molar-refractivity contribution in [3.63, 3.8) is 0 Å². The Bertz CT molecular complexity index is 250. The fourth-order valence-corrected chi connectivity index (χ4v) is 1.45. The van der Waals surface area contributed by atoms with Crippen molar-refractivity contribution in [2.24, 2.45) is 5.92 Å². The van der Waals surface area contributed by atoms with Crippen LogP contribution in [0.25, 0.3) is 0 Å². The number of methoxy groups -OCH3 is 1. The number of hydrogen-bond acceptors (Lipinski definition) is 2. The Kier molecular flexibility index (Phi) is 7.06. The van der Waals surface area contributed by atoms with Gasteiger partial charge in [0.15, 0.2) is 6.10 Å². The van der Waals surface area contributed by atoms with Crippen molar-refractivity contribution in [3.05, 3.63) is 25.1 Å². The zero-order valence-electron chi connectivity index (χ0n) is 9.60. The molecule has 0 amide bonds. The van der Waals surface area contributed by atoms with Crippen LogP contribution in [0.3, 0.4) is 0 Å². The van der Waals surface area contributed by atoms with Gasteiger partial charge in [0.05, 0.1) is 5.83 Å². The van der Waals surface area contributed by atoms with Gasteiger partial charge < -0.3 is 9.47 Å². The number of halogens is 4. The van der Waals surface area contributed by atoms with Crippen LogP contribution in [0.2, 0.25) is 0 Å². The van der Waals surface area contributed by atoms with Crippen LogP contribution in [0, 0.1) is 5.92 Å². The molecule has 0 aliphatic heterocycles. The highest BCUT2D eigenvalue weighted by Crippen LogP contribution is 2.33. The first kappa shape index (κ1) is 16.1. The van der Waals surface area contributed by atoms with Crippen molar-refractivity contribution in [1.29, 1.82) is 0 Å². The van der Waals surface area contributed by atoms with Crippen molar-refractivity contribution < 1.29 is 27.0 Å². The van der Waals surface area contributed by atoms with E-state index >= 15 is 0 Å². The van der Waals surface area contributed by atoms with Gasteiger partial charge in [0, 0.05) is 19.4 Å². The first-order chi connectivity index (χ1) is 7.82. The quantitative estimate of drug-likeness (QED) is 0.375. The zero-order chi connectivity index (χ0) is 13.5. The monoisotopic (exact) mass is 256 g/mol. The van der Waals surface area contributed by atoms with Gasteiger partial charge in [0.2, 0.25) is 0 Å². The van der Waals surface area contributed by atoms with Gasteiger partial charge in [0.25, 0.3) is 0 Å². The number of hydrogen-bond donors (Lipinski definition) is 0. The van der Waals surface area contributed by atoms with E-state index in [9.17, 15) is 17.6 Å². The Hall–Kier alpha value is -0.880. The summed E-state index contributed by atoms with van der Waals surface area (Å²) in [5.41, 5.74) is 0. The van der Waals surface area contributed by atoms with Gasteiger partial charge in [-0.1, -0.05) is 12.7 Å². The normalized spacial score (nSPS) is 15.4. The predicted octanol–water partition coefficient (Wildman–Crippen LogP) is 3.60. The predicted molar refractivity (Wildman–Crippen MR) is 56.0 cm³/mol. The van der Waals surface area contributed by atoms with Crippen LogP contribution in [0.5, 0.6) is 0 Å². The molecule has 0 heterocycles. The average Bonchev–Trinajstić information content (AvgIpc) is 2.15. The molecule has 0 aromatic heterocycles. The van der Waals surface area contributed by atoms with Gasteiger partial charge in [-0.3, -0.25) is 0 Å². The Morgan fingerprint density at radius 3 is 2.35 bits per heavy atom. The molecular formula is C11H16F4O2. The van der Waals surface area contributed by atoms with Crippen LogP contribution in [-0.4, -0.2) is 26.2 Å². The third-order valence-corrected chi connectivity index (χ3v) is 2.07. The minimum Gasteiger partial charge on any atom is -0.359 e. The standard InChI is InChI=1S/C11H16F4O2/c1-4-5-9(6-8(2)12)10(11(13,14)15)17-7-16-3/h4,9-10H,1-2,5-7H2,3H3. The molecule has 6 heteroatoms. The van der Waals surface area contributed by atoms with Crippen molar-refractivity contribution >= 4 is 0 Å². The van der Waals surface area contributed by atoms with E-state index in [-0.39, 0.29) is 6.42 Å². The van der Waals surface area contributed by atoms with E-state index < -0.39 is 37.2 Å². The van der Waals surface area contributed by atoms with Crippen molar-refractivity contribution in [2.75, 3.05) is 13.9 Å². The Balaban J connectivity index is 4.78. The first-order valence-electron chi connectivity index (χ1n) is 4.94. The molecule has 0 aliphatic carbocycles. The molecule has 0 bridgehead atoms. The lowest BCUT2D eigenvalue weighted by molar-refractivity contribution is -0.255. The van der Waals surface area contributed by atoms with Crippen LogP contribution >= 0.6 is 0 Å². The number of rotatable bonds is 8. The maximum Gasteiger partial charge on any atom is 0.415 e. The molecule has 2 unspecified atom stereocenters. The molecule has 0 aromatic rings. The summed E-state index contributed by atoms with van der Waals surface area (Å²) < 4.78 is 59.8. The molecule has 0 N–H and O–H groups in total. The summed E-state index contributed by atoms with van der Waals surface area (Å²) in [7, 11) is 1.21. The highest BCUT2D eigenvalue weighted by Gasteiger charge is 2.45. The zero-order valence-corrected chi connectivity index (χ0v) is 9.60. The van der Waals surface area contributed by atoms with Gasteiger partial charge in [0.1, 0.15) is 6.79 Å². The molecule has 0 saturated carbocycles. The van der Waals surface area contributed by atoms with Gasteiger partial charge in [-0.2, -0.15) is 13.2 Å². The molecule has 0 fully saturated rings. The molecule has 17 heavy (non-hydrogen) atoms. The molecule has 2 nitrogen and oxygen atoms in total. The maximum atomic E-state index is 12.7. The molecule has 2 atom stereocenters. The largest absolute Gasteiger partial charge is 0.415 e. The van der Waals surface area contributed by atoms with Crippen LogP contribution in [0.15, 0.2) is 25.1 Å². The van der Waals surface area contributed by atoms with Gasteiger partial charge in [-0.25, -0.2) is 4.39 Å². The van der Waals surface area contributed by atoms with Gasteiger partial charge in [-0.05, 0) is 6.42 Å². The van der Waals surface area contributed by atoms with Crippen LogP contribution in [0.4, 0.5) is 17.6 Å². The van der Waals surface area contributed by atoms with E-state index in [1.54, 1.807) is 0 Å². The van der Waals surface area contributed by atoms with Crippen molar-refractivity contribution in [2.45, 2.75) is 25.1 Å². The summed E-state index contributed by atoms with van der Waals surface area (Å²) in [6, 6.07) is 0. The summed E-state index contributed by atoms with van der Waals surface area (Å²) in [5.74, 6) is -1.90. The molecular weight excluding hydrogens is 240 g/mol. The van der Waals surface area contributed by atoms with Crippen molar-refractivity contribution in [1.82, 2.24) is 0 Å². The lowest BCUT2D eigenvalue weighted by Crippen LogP contribution is -2.39. The second-order valence-electron chi connectivity index (χ2n) is 3.54. The highest BCUT2D eigenvalue weighted by molar-refractivity contribution is 4.91. The fourth-order valence-electron chi connectivity index (χ4n) is 1.45. The second kappa shape index (κ2) is 7.45. The number of alkyl halides is 3. The Labute approximate surface area is 97.9 Å². The lowest BCUT2D eigenvalue weighted by Gasteiger charge is -2.27. The molecule has 0 aromatic carbocycles. The summed E-state index contributed by atoms with van der Waals surface area (Å²) >= 11 is 0. The molecule has 0 rings (SSSR count). The third kappa shape index (κ3) is 6.43. The van der Waals surface area contributed by atoms with E-state index in [1.165, 1.54) is 13.2 Å². The minimum atomic E-state index is -4.58. The first-order valence-corrected chi connectivity index (χ1v) is 4.94. The Morgan fingerprint density at radius 1 is 1.41 bits per heavy atom. The average molecular weight is 256 g/mol. The van der Waals surface area contributed by atoms with Gasteiger partial charge in [-0.15, -0.1) is 6.58 Å². The molecule has 0 saturated heterocycles. The second-order valence-corrected chi connectivity index (χ2v) is 3.54. The molecule has 0 aliphatic rings. The van der Waals surface area contributed by atoms with Crippen LogP contribution < -0.4 is 0 Å². The summed E-state index contributed by atoms with van der Waals surface area (Å²) in [6.07, 6.45) is -5.81. The fraction of sp³-hybridized carbons (Fsp3) is 0.636. The van der Waals surface area contributed by atoms with Crippen LogP contribution in [0.1, 0.15) is 12.8 Å². The minimum absolute atomic E-state index is 0.0170. The molecule has 0 radical (unpaired) electrons. The van der Waals surface area contributed by atoms with Crippen molar-refractivity contribution in [3.8, 4) is 0 Å². The highest BCUT2D eigenvalue weighted by atomic mass is 19.4. The summed E-state index contributed by atoms with van der Waals surface area (Å²) in [4.78, 5) is 0. The van der Waals surface area contributed by atoms with E-state index in [0.29, 0.717) is 0 Å². The Morgan fingerprint density at radius 2 is 2.00 bits per heavy atom.